The fourth-order valence-electron chi connectivity index (χ4n) is 2.30. The van der Waals surface area contributed by atoms with Gasteiger partial charge in [0.25, 0.3) is 0 Å². The van der Waals surface area contributed by atoms with E-state index in [4.69, 9.17) is 0 Å². The molecule has 0 aliphatic carbocycles. The van der Waals surface area contributed by atoms with Gasteiger partial charge in [-0.15, -0.1) is 11.3 Å². The van der Waals surface area contributed by atoms with E-state index in [-0.39, 0.29) is 0 Å². The van der Waals surface area contributed by atoms with E-state index < -0.39 is 0 Å². The third kappa shape index (κ3) is 3.59. The number of hydrogen-bond donors (Lipinski definition) is 0. The fraction of sp³-hybridized carbons (Fsp3) is 0.643. The van der Waals surface area contributed by atoms with Crippen molar-refractivity contribution in [2.75, 3.05) is 25.9 Å². The van der Waals surface area contributed by atoms with Gasteiger partial charge < -0.3 is 0 Å². The van der Waals surface area contributed by atoms with Crippen molar-refractivity contribution in [3.8, 4) is 0 Å². The van der Waals surface area contributed by atoms with Crippen molar-refractivity contribution in [3.63, 3.8) is 0 Å². The van der Waals surface area contributed by atoms with Crippen LogP contribution in [0.15, 0.2) is 12.1 Å². The number of aryl methyl sites for hydroxylation is 1. The van der Waals surface area contributed by atoms with Crippen molar-refractivity contribution in [1.82, 2.24) is 4.90 Å². The van der Waals surface area contributed by atoms with Crippen LogP contribution in [0.1, 0.15) is 34.3 Å². The third-order valence-electron chi connectivity index (χ3n) is 3.52. The van der Waals surface area contributed by atoms with Crippen LogP contribution in [0, 0.1) is 0 Å². The molecule has 0 bridgehead atoms. The smallest absolute Gasteiger partial charge is 0.186 e. The maximum atomic E-state index is 12.2. The predicted octanol–water partition coefficient (Wildman–Crippen LogP) is 3.32. The van der Waals surface area contributed by atoms with E-state index in [1.54, 1.807) is 11.3 Å². The summed E-state index contributed by atoms with van der Waals surface area (Å²) < 4.78 is 0. The first-order valence-electron chi connectivity index (χ1n) is 6.60. The molecule has 0 aromatic carbocycles. The molecule has 1 aromatic rings. The standard InChI is InChI=1S/C14H21NOS2/c1-3-11-4-5-14(18-11)13(16)10-15-8-6-12(17-2)7-9-15/h4-5,12H,3,6-10H2,1-2H3. The number of hydrogen-bond acceptors (Lipinski definition) is 4. The van der Waals surface area contributed by atoms with Crippen molar-refractivity contribution >= 4 is 28.9 Å². The molecule has 1 aliphatic rings. The van der Waals surface area contributed by atoms with Gasteiger partial charge in [-0.2, -0.15) is 11.8 Å². The van der Waals surface area contributed by atoms with Crippen LogP contribution in [0.5, 0.6) is 0 Å². The van der Waals surface area contributed by atoms with Gasteiger partial charge in [0.05, 0.1) is 11.4 Å². The lowest BCUT2D eigenvalue weighted by molar-refractivity contribution is 0.0921. The lowest BCUT2D eigenvalue weighted by atomic mass is 10.1. The lowest BCUT2D eigenvalue weighted by Gasteiger charge is -2.30. The molecule has 1 aromatic heterocycles. The van der Waals surface area contributed by atoms with Crippen LogP contribution in [-0.4, -0.2) is 41.8 Å². The number of likely N-dealkylation sites (tertiary alicyclic amines) is 1. The zero-order valence-electron chi connectivity index (χ0n) is 11.1. The first-order chi connectivity index (χ1) is 8.72. The number of thiophene rings is 1. The molecule has 18 heavy (non-hydrogen) atoms. The summed E-state index contributed by atoms with van der Waals surface area (Å²) in [6.07, 6.45) is 5.65. The van der Waals surface area contributed by atoms with Gasteiger partial charge in [-0.05, 0) is 50.7 Å². The van der Waals surface area contributed by atoms with E-state index in [9.17, 15) is 4.79 Å². The Morgan fingerprint density at radius 2 is 2.17 bits per heavy atom. The van der Waals surface area contributed by atoms with E-state index in [2.05, 4.69) is 24.1 Å². The van der Waals surface area contributed by atoms with E-state index in [0.717, 1.165) is 29.6 Å². The number of ketones is 1. The average molecular weight is 283 g/mol. The molecule has 0 amide bonds. The monoisotopic (exact) mass is 283 g/mol. The predicted molar refractivity (Wildman–Crippen MR) is 81.0 cm³/mol. The molecule has 1 saturated heterocycles. The summed E-state index contributed by atoms with van der Waals surface area (Å²) in [4.78, 5) is 16.7. The first-order valence-corrected chi connectivity index (χ1v) is 8.70. The first kappa shape index (κ1) is 14.1. The number of carbonyl (C=O) groups is 1. The van der Waals surface area contributed by atoms with Crippen molar-refractivity contribution in [1.29, 1.82) is 0 Å². The molecule has 2 nitrogen and oxygen atoms in total. The van der Waals surface area contributed by atoms with Crippen LogP contribution >= 0.6 is 23.1 Å². The van der Waals surface area contributed by atoms with Gasteiger partial charge in [0.2, 0.25) is 0 Å². The highest BCUT2D eigenvalue weighted by Crippen LogP contribution is 2.22. The number of Topliss-reactive ketones (excluding diaryl/α,β-unsaturated/α-hetero) is 1. The van der Waals surface area contributed by atoms with Crippen LogP contribution in [0.4, 0.5) is 0 Å². The van der Waals surface area contributed by atoms with E-state index in [1.807, 2.05) is 17.8 Å². The normalized spacial score (nSPS) is 18.1. The molecule has 1 aliphatic heterocycles. The molecule has 4 heteroatoms. The number of piperidine rings is 1. The number of carbonyl (C=O) groups excluding carboxylic acids is 1. The fourth-order valence-corrected chi connectivity index (χ4v) is 3.86. The van der Waals surface area contributed by atoms with Crippen LogP contribution in [-0.2, 0) is 6.42 Å². The SMILES string of the molecule is CCc1ccc(C(=O)CN2CCC(SC)CC2)s1. The second-order valence-electron chi connectivity index (χ2n) is 4.75. The molecule has 1 fully saturated rings. The Morgan fingerprint density at radius 3 is 2.72 bits per heavy atom. The van der Waals surface area contributed by atoms with Gasteiger partial charge in [-0.25, -0.2) is 0 Å². The number of nitrogens with zero attached hydrogens (tertiary/aromatic N) is 1. The zero-order valence-corrected chi connectivity index (χ0v) is 12.8. The molecule has 0 unspecified atom stereocenters. The molecular formula is C14H21NOS2. The molecule has 0 N–H and O–H groups in total. The second-order valence-corrected chi connectivity index (χ2v) is 7.06. The second kappa shape index (κ2) is 6.73. The van der Waals surface area contributed by atoms with Gasteiger partial charge in [0.1, 0.15) is 0 Å². The molecule has 0 radical (unpaired) electrons. The minimum Gasteiger partial charge on any atom is -0.296 e. The molecule has 2 heterocycles. The highest BCUT2D eigenvalue weighted by molar-refractivity contribution is 7.99. The highest BCUT2D eigenvalue weighted by atomic mass is 32.2. The zero-order chi connectivity index (χ0) is 13.0. The van der Waals surface area contributed by atoms with E-state index >= 15 is 0 Å². The number of rotatable bonds is 5. The topological polar surface area (TPSA) is 20.3 Å². The Bertz CT molecular complexity index is 394. The quantitative estimate of drug-likeness (QED) is 0.773. The number of thioether (sulfide) groups is 1. The van der Waals surface area contributed by atoms with Crippen molar-refractivity contribution in [2.45, 2.75) is 31.4 Å². The Morgan fingerprint density at radius 1 is 1.44 bits per heavy atom. The summed E-state index contributed by atoms with van der Waals surface area (Å²) in [5.41, 5.74) is 0. The summed E-state index contributed by atoms with van der Waals surface area (Å²) in [5.74, 6) is 0.294. The van der Waals surface area contributed by atoms with Gasteiger partial charge >= 0.3 is 0 Å². The molecule has 0 spiro atoms. The molecule has 2 rings (SSSR count). The van der Waals surface area contributed by atoms with E-state index in [0.29, 0.717) is 12.3 Å². The summed E-state index contributed by atoms with van der Waals surface area (Å²) in [7, 11) is 0. The Kier molecular flexibility index (Phi) is 5.27. The van der Waals surface area contributed by atoms with Crippen molar-refractivity contribution < 1.29 is 4.79 Å². The largest absolute Gasteiger partial charge is 0.296 e. The maximum absolute atomic E-state index is 12.2. The summed E-state index contributed by atoms with van der Waals surface area (Å²) in [6, 6.07) is 4.07. The Balaban J connectivity index is 1.84. The van der Waals surface area contributed by atoms with Gasteiger partial charge in [0.15, 0.2) is 5.78 Å². The van der Waals surface area contributed by atoms with Crippen molar-refractivity contribution in [2.24, 2.45) is 0 Å². The van der Waals surface area contributed by atoms with Crippen LogP contribution in [0.3, 0.4) is 0 Å². The van der Waals surface area contributed by atoms with Gasteiger partial charge in [-0.1, -0.05) is 6.92 Å². The Labute approximate surface area is 118 Å². The average Bonchev–Trinajstić information content (AvgIpc) is 2.88. The van der Waals surface area contributed by atoms with Crippen LogP contribution in [0.25, 0.3) is 0 Å². The molecule has 100 valence electrons. The molecule has 0 saturated carbocycles. The maximum Gasteiger partial charge on any atom is 0.186 e. The third-order valence-corrected chi connectivity index (χ3v) is 5.93. The van der Waals surface area contributed by atoms with Gasteiger partial charge in [-0.3, -0.25) is 9.69 Å². The van der Waals surface area contributed by atoms with E-state index in [1.165, 1.54) is 17.7 Å². The molecular weight excluding hydrogens is 262 g/mol. The Hall–Kier alpha value is -0.320. The summed E-state index contributed by atoms with van der Waals surface area (Å²) in [6.45, 7) is 4.88. The van der Waals surface area contributed by atoms with Crippen LogP contribution in [0.2, 0.25) is 0 Å². The lowest BCUT2D eigenvalue weighted by Crippen LogP contribution is -2.38. The van der Waals surface area contributed by atoms with Gasteiger partial charge in [0, 0.05) is 10.1 Å². The van der Waals surface area contributed by atoms with Crippen LogP contribution < -0.4 is 0 Å². The summed E-state index contributed by atoms with van der Waals surface area (Å²) in [5, 5.41) is 0.796. The molecule has 0 atom stereocenters. The summed E-state index contributed by atoms with van der Waals surface area (Å²) >= 11 is 3.61. The highest BCUT2D eigenvalue weighted by Gasteiger charge is 2.21. The minimum absolute atomic E-state index is 0.294. The minimum atomic E-state index is 0.294. The van der Waals surface area contributed by atoms with Crippen molar-refractivity contribution in [3.05, 3.63) is 21.9 Å².